The van der Waals surface area contributed by atoms with Crippen molar-refractivity contribution < 1.29 is 20.1 Å². The highest BCUT2D eigenvalue weighted by atomic mass is 16.4. The number of aliphatic hydroxyl groups is 3. The predicted octanol–water partition coefficient (Wildman–Crippen LogP) is 3.67. The Kier molecular flexibility index (Phi) is 10.5. The van der Waals surface area contributed by atoms with Gasteiger partial charge < -0.3 is 15.3 Å². The van der Waals surface area contributed by atoms with Gasteiger partial charge in [-0.05, 0) is 18.6 Å². The first-order valence-electron chi connectivity index (χ1n) is 9.84. The first kappa shape index (κ1) is 21.3. The van der Waals surface area contributed by atoms with Crippen LogP contribution >= 0.6 is 0 Å². The molecule has 4 heteroatoms. The minimum atomic E-state index is -2.03. The molecule has 0 fully saturated rings. The maximum absolute atomic E-state index is 11.6. The van der Waals surface area contributed by atoms with Crippen LogP contribution in [0.25, 0.3) is 0 Å². The second-order valence-corrected chi connectivity index (χ2v) is 7.19. The summed E-state index contributed by atoms with van der Waals surface area (Å²) in [5.41, 5.74) is -2.03. The van der Waals surface area contributed by atoms with Crippen molar-refractivity contribution in [3.63, 3.8) is 0 Å². The lowest BCUT2D eigenvalue weighted by atomic mass is 9.87. The Bertz CT molecular complexity index is 380. The van der Waals surface area contributed by atoms with Crippen LogP contribution in [0.1, 0.15) is 90.4 Å². The van der Waals surface area contributed by atoms with E-state index in [2.05, 4.69) is 6.92 Å². The van der Waals surface area contributed by atoms with Crippen LogP contribution in [0.5, 0.6) is 0 Å². The molecule has 0 amide bonds. The van der Waals surface area contributed by atoms with Crippen LogP contribution < -0.4 is 0 Å². The summed E-state index contributed by atoms with van der Waals surface area (Å²) in [6.45, 7) is 2.24. The molecule has 0 saturated carbocycles. The summed E-state index contributed by atoms with van der Waals surface area (Å²) in [7, 11) is 0. The molecule has 1 rings (SSSR count). The standard InChI is InChI=1S/C20H36O4/c1-2-3-4-5-6-7-8-9-10-11-12-13-14-17(21)20(24)18(22)15-16-19(20)23/h15-18,21-22,24H,2-14H2,1H3/t17?,18-,20-/m1/s1. The van der Waals surface area contributed by atoms with Crippen molar-refractivity contribution in [3.05, 3.63) is 12.2 Å². The Morgan fingerprint density at radius 1 is 0.958 bits per heavy atom. The van der Waals surface area contributed by atoms with E-state index in [-0.39, 0.29) is 0 Å². The maximum atomic E-state index is 11.6. The number of rotatable bonds is 14. The minimum Gasteiger partial charge on any atom is -0.390 e. The fourth-order valence-electron chi connectivity index (χ4n) is 3.36. The Balaban J connectivity index is 1.96. The molecule has 0 heterocycles. The summed E-state index contributed by atoms with van der Waals surface area (Å²) in [5.74, 6) is -0.596. The second-order valence-electron chi connectivity index (χ2n) is 7.19. The smallest absolute Gasteiger partial charge is 0.192 e. The van der Waals surface area contributed by atoms with Gasteiger partial charge in [0.1, 0.15) is 6.10 Å². The topological polar surface area (TPSA) is 77.8 Å². The highest BCUT2D eigenvalue weighted by Crippen LogP contribution is 2.27. The van der Waals surface area contributed by atoms with Gasteiger partial charge in [0.2, 0.25) is 0 Å². The molecule has 0 bridgehead atoms. The largest absolute Gasteiger partial charge is 0.390 e. The van der Waals surface area contributed by atoms with Crippen molar-refractivity contribution in [2.24, 2.45) is 0 Å². The normalized spacial score (nSPS) is 24.7. The zero-order valence-corrected chi connectivity index (χ0v) is 15.3. The molecule has 3 N–H and O–H groups in total. The van der Waals surface area contributed by atoms with E-state index < -0.39 is 23.6 Å². The van der Waals surface area contributed by atoms with Gasteiger partial charge in [0.05, 0.1) is 6.10 Å². The quantitative estimate of drug-likeness (QED) is 0.422. The number of ketones is 1. The van der Waals surface area contributed by atoms with Crippen LogP contribution in [0, 0.1) is 0 Å². The molecular weight excluding hydrogens is 304 g/mol. The Morgan fingerprint density at radius 2 is 1.42 bits per heavy atom. The molecule has 0 saturated heterocycles. The Labute approximate surface area is 147 Å². The van der Waals surface area contributed by atoms with Crippen molar-refractivity contribution in [1.82, 2.24) is 0 Å². The molecule has 0 aromatic rings. The third-order valence-corrected chi connectivity index (χ3v) is 5.11. The number of aliphatic hydroxyl groups excluding tert-OH is 2. The van der Waals surface area contributed by atoms with Crippen LogP contribution in [0.2, 0.25) is 0 Å². The third-order valence-electron chi connectivity index (χ3n) is 5.11. The molecule has 1 unspecified atom stereocenters. The van der Waals surface area contributed by atoms with Crippen LogP contribution in [0.3, 0.4) is 0 Å². The summed E-state index contributed by atoms with van der Waals surface area (Å²) >= 11 is 0. The minimum absolute atomic E-state index is 0.346. The highest BCUT2D eigenvalue weighted by Gasteiger charge is 2.50. The number of carbonyl (C=O) groups is 1. The molecule has 0 spiro atoms. The first-order valence-corrected chi connectivity index (χ1v) is 9.84. The molecule has 140 valence electrons. The lowest BCUT2D eigenvalue weighted by Crippen LogP contribution is -2.54. The van der Waals surface area contributed by atoms with Gasteiger partial charge in [-0.1, -0.05) is 84.0 Å². The van der Waals surface area contributed by atoms with Crippen molar-refractivity contribution >= 4 is 5.78 Å². The van der Waals surface area contributed by atoms with Crippen LogP contribution in [0.15, 0.2) is 12.2 Å². The van der Waals surface area contributed by atoms with Crippen molar-refractivity contribution in [2.75, 3.05) is 0 Å². The Morgan fingerprint density at radius 3 is 1.83 bits per heavy atom. The van der Waals surface area contributed by atoms with E-state index in [1.165, 1.54) is 63.9 Å². The van der Waals surface area contributed by atoms with E-state index in [1.807, 2.05) is 0 Å². The van der Waals surface area contributed by atoms with Gasteiger partial charge in [0, 0.05) is 0 Å². The van der Waals surface area contributed by atoms with E-state index in [4.69, 9.17) is 0 Å². The van der Waals surface area contributed by atoms with Gasteiger partial charge >= 0.3 is 0 Å². The van der Waals surface area contributed by atoms with Crippen molar-refractivity contribution in [3.8, 4) is 0 Å². The molecule has 0 aromatic heterocycles. The van der Waals surface area contributed by atoms with Crippen LogP contribution in [-0.2, 0) is 4.79 Å². The fraction of sp³-hybridized carbons (Fsp3) is 0.850. The predicted molar refractivity (Wildman–Crippen MR) is 96.8 cm³/mol. The monoisotopic (exact) mass is 340 g/mol. The van der Waals surface area contributed by atoms with Crippen LogP contribution in [-0.4, -0.2) is 38.9 Å². The molecular formula is C20H36O4. The van der Waals surface area contributed by atoms with Gasteiger partial charge in [-0.3, -0.25) is 4.79 Å². The van der Waals surface area contributed by atoms with Gasteiger partial charge in [-0.15, -0.1) is 0 Å². The maximum Gasteiger partial charge on any atom is 0.192 e. The fourth-order valence-corrected chi connectivity index (χ4v) is 3.36. The molecule has 0 radical (unpaired) electrons. The van der Waals surface area contributed by atoms with Gasteiger partial charge in [0.15, 0.2) is 11.4 Å². The molecule has 1 aliphatic carbocycles. The average Bonchev–Trinajstić information content (AvgIpc) is 2.84. The third kappa shape index (κ3) is 6.66. The van der Waals surface area contributed by atoms with E-state index in [0.29, 0.717) is 6.42 Å². The van der Waals surface area contributed by atoms with Crippen molar-refractivity contribution in [1.29, 1.82) is 0 Å². The van der Waals surface area contributed by atoms with Gasteiger partial charge in [-0.2, -0.15) is 0 Å². The van der Waals surface area contributed by atoms with Gasteiger partial charge in [0.25, 0.3) is 0 Å². The molecule has 4 nitrogen and oxygen atoms in total. The summed E-state index contributed by atoms with van der Waals surface area (Å²) in [6, 6.07) is 0. The average molecular weight is 341 g/mol. The number of hydrogen-bond acceptors (Lipinski definition) is 4. The van der Waals surface area contributed by atoms with E-state index in [9.17, 15) is 20.1 Å². The Hall–Kier alpha value is -0.710. The lowest BCUT2D eigenvalue weighted by Gasteiger charge is -2.30. The summed E-state index contributed by atoms with van der Waals surface area (Å²) in [4.78, 5) is 11.6. The summed E-state index contributed by atoms with van der Waals surface area (Å²) in [6.07, 6.45) is 15.0. The van der Waals surface area contributed by atoms with E-state index in [1.54, 1.807) is 0 Å². The lowest BCUT2D eigenvalue weighted by molar-refractivity contribution is -0.158. The van der Waals surface area contributed by atoms with Crippen molar-refractivity contribution in [2.45, 2.75) is 108 Å². The SMILES string of the molecule is CCCCCCCCCCCCCCC(O)[C@]1(O)C(=O)C=C[C@H]1O. The molecule has 0 aliphatic heterocycles. The van der Waals surface area contributed by atoms with Crippen LogP contribution in [0.4, 0.5) is 0 Å². The molecule has 3 atom stereocenters. The summed E-state index contributed by atoms with van der Waals surface area (Å²) < 4.78 is 0. The van der Waals surface area contributed by atoms with E-state index in [0.717, 1.165) is 25.3 Å². The molecule has 1 aliphatic rings. The summed E-state index contributed by atoms with van der Waals surface area (Å²) in [5, 5.41) is 29.9. The first-order chi connectivity index (χ1) is 11.5. The van der Waals surface area contributed by atoms with E-state index >= 15 is 0 Å². The highest BCUT2D eigenvalue weighted by molar-refractivity contribution is 6.00. The number of hydrogen-bond donors (Lipinski definition) is 3. The zero-order chi connectivity index (χ0) is 17.8. The second kappa shape index (κ2) is 11.8. The number of carbonyl (C=O) groups excluding carboxylic acids is 1. The van der Waals surface area contributed by atoms with Gasteiger partial charge in [-0.25, -0.2) is 0 Å². The molecule has 24 heavy (non-hydrogen) atoms. The molecule has 0 aromatic carbocycles. The zero-order valence-electron chi connectivity index (χ0n) is 15.3. The number of unbranched alkanes of at least 4 members (excludes halogenated alkanes) is 11.